The summed E-state index contributed by atoms with van der Waals surface area (Å²) < 4.78 is 49.8. The highest BCUT2D eigenvalue weighted by Crippen LogP contribution is 2.35. The van der Waals surface area contributed by atoms with Crippen molar-refractivity contribution in [1.29, 1.82) is 0 Å². The number of benzene rings is 1. The number of hydrogen-bond donors (Lipinski definition) is 1. The third-order valence-corrected chi connectivity index (χ3v) is 4.57. The van der Waals surface area contributed by atoms with Gasteiger partial charge in [-0.05, 0) is 44.5 Å². The lowest BCUT2D eigenvalue weighted by Crippen LogP contribution is -2.11. The van der Waals surface area contributed by atoms with Crippen molar-refractivity contribution < 1.29 is 17.7 Å². The molecule has 1 N–H and O–H groups in total. The number of nitrogens with zero attached hydrogens (tertiary/aromatic N) is 2. The maximum atomic E-state index is 12.6. The molecule has 118 valence electrons. The molecule has 2 rings (SSSR count). The van der Waals surface area contributed by atoms with E-state index in [1.54, 1.807) is 37.6 Å². The van der Waals surface area contributed by atoms with Crippen LogP contribution in [0.2, 0.25) is 0 Å². The molecule has 0 unspecified atom stereocenters. The number of hydrogen-bond acceptors (Lipinski definition) is 4. The van der Waals surface area contributed by atoms with Gasteiger partial charge in [-0.2, -0.15) is 13.2 Å². The van der Waals surface area contributed by atoms with Crippen molar-refractivity contribution in [2.45, 2.75) is 13.1 Å². The van der Waals surface area contributed by atoms with Crippen LogP contribution in [0.4, 0.5) is 24.8 Å². The van der Waals surface area contributed by atoms with Gasteiger partial charge in [-0.3, -0.25) is 0 Å². The Morgan fingerprint density at radius 1 is 1.14 bits per heavy atom. The number of halogens is 3. The summed E-state index contributed by atoms with van der Waals surface area (Å²) >= 11 is 0. The van der Waals surface area contributed by atoms with Crippen LogP contribution in [-0.2, 0) is 10.7 Å². The number of rotatable bonds is 3. The van der Waals surface area contributed by atoms with Crippen molar-refractivity contribution in [2.24, 2.45) is 0 Å². The molecule has 0 spiro atoms. The molecule has 0 radical (unpaired) electrons. The summed E-state index contributed by atoms with van der Waals surface area (Å²) in [5.41, 5.74) is -0.393. The Kier molecular flexibility index (Phi) is 4.29. The fourth-order valence-electron chi connectivity index (χ4n) is 1.84. The Balaban J connectivity index is 2.21. The summed E-state index contributed by atoms with van der Waals surface area (Å²) in [5, 5.41) is 3.55. The van der Waals surface area contributed by atoms with Gasteiger partial charge in [-0.1, -0.05) is 0 Å². The zero-order chi connectivity index (χ0) is 16.5. The summed E-state index contributed by atoms with van der Waals surface area (Å²) in [6.07, 6.45) is -3.71. The predicted molar refractivity (Wildman–Crippen MR) is 80.6 cm³/mol. The van der Waals surface area contributed by atoms with E-state index in [4.69, 9.17) is 0 Å². The van der Waals surface area contributed by atoms with Crippen molar-refractivity contribution in [3.63, 3.8) is 0 Å². The van der Waals surface area contributed by atoms with Crippen LogP contribution < -0.4 is 10.6 Å². The molecule has 0 aliphatic carbocycles. The average molecular weight is 329 g/mol. The van der Waals surface area contributed by atoms with E-state index >= 15 is 0 Å². The molecule has 1 heterocycles. The molecule has 0 amide bonds. The van der Waals surface area contributed by atoms with Gasteiger partial charge in [0.25, 0.3) is 0 Å². The maximum absolute atomic E-state index is 12.6. The SMILES string of the molecule is Cc1nc(Nc2ccc(P(C)(C)=O)cc2)ncc1C(F)(F)F. The average Bonchev–Trinajstić information content (AvgIpc) is 2.36. The van der Waals surface area contributed by atoms with Gasteiger partial charge in [-0.15, -0.1) is 0 Å². The quantitative estimate of drug-likeness (QED) is 0.871. The van der Waals surface area contributed by atoms with E-state index < -0.39 is 18.9 Å². The normalized spacial score (nSPS) is 12.3. The molecule has 2 aromatic rings. The first kappa shape index (κ1) is 16.5. The van der Waals surface area contributed by atoms with Gasteiger partial charge < -0.3 is 9.88 Å². The van der Waals surface area contributed by atoms with E-state index in [1.165, 1.54) is 6.92 Å². The first-order valence-corrected chi connectivity index (χ1v) is 9.01. The molecule has 1 aromatic heterocycles. The Labute approximate surface area is 126 Å². The third-order valence-electron chi connectivity index (χ3n) is 3.03. The number of alkyl halides is 3. The zero-order valence-corrected chi connectivity index (χ0v) is 13.2. The fourth-order valence-corrected chi connectivity index (χ4v) is 2.71. The van der Waals surface area contributed by atoms with Crippen molar-refractivity contribution in [3.8, 4) is 0 Å². The molecule has 0 fully saturated rings. The third kappa shape index (κ3) is 3.85. The summed E-state index contributed by atoms with van der Waals surface area (Å²) in [7, 11) is -2.34. The largest absolute Gasteiger partial charge is 0.419 e. The Hall–Kier alpha value is -1.88. The van der Waals surface area contributed by atoms with E-state index in [9.17, 15) is 17.7 Å². The van der Waals surface area contributed by atoms with Crippen LogP contribution in [0.3, 0.4) is 0 Å². The Bertz CT molecular complexity index is 723. The van der Waals surface area contributed by atoms with Gasteiger partial charge in [0.2, 0.25) is 5.95 Å². The second-order valence-corrected chi connectivity index (χ2v) is 8.43. The summed E-state index contributed by atoms with van der Waals surface area (Å²) in [4.78, 5) is 7.48. The minimum atomic E-state index is -4.46. The Morgan fingerprint density at radius 2 is 1.73 bits per heavy atom. The topological polar surface area (TPSA) is 54.9 Å². The smallest absolute Gasteiger partial charge is 0.324 e. The van der Waals surface area contributed by atoms with E-state index in [1.807, 2.05) is 0 Å². The number of nitrogens with one attached hydrogen (secondary N) is 1. The molecule has 0 aliphatic rings. The van der Waals surface area contributed by atoms with Crippen LogP contribution in [0.15, 0.2) is 30.5 Å². The molecule has 22 heavy (non-hydrogen) atoms. The molecular formula is C14H15F3N3OP. The van der Waals surface area contributed by atoms with Crippen LogP contribution in [0.1, 0.15) is 11.3 Å². The number of aryl methyl sites for hydroxylation is 1. The van der Waals surface area contributed by atoms with Crippen LogP contribution in [-0.4, -0.2) is 23.3 Å². The molecule has 0 aliphatic heterocycles. The van der Waals surface area contributed by atoms with Crippen LogP contribution in [0.5, 0.6) is 0 Å². The molecule has 1 aromatic carbocycles. The minimum absolute atomic E-state index is 0.0782. The highest BCUT2D eigenvalue weighted by Gasteiger charge is 2.33. The molecular weight excluding hydrogens is 314 g/mol. The fraction of sp³-hybridized carbons (Fsp3) is 0.286. The van der Waals surface area contributed by atoms with Crippen molar-refractivity contribution in [2.75, 3.05) is 18.6 Å². The molecule has 8 heteroatoms. The van der Waals surface area contributed by atoms with Gasteiger partial charge in [0.05, 0.1) is 11.3 Å². The summed E-state index contributed by atoms with van der Waals surface area (Å²) in [5.74, 6) is 0.0782. The van der Waals surface area contributed by atoms with Gasteiger partial charge in [0, 0.05) is 17.2 Å². The van der Waals surface area contributed by atoms with Gasteiger partial charge in [0.15, 0.2) is 0 Å². The molecule has 0 bridgehead atoms. The van der Waals surface area contributed by atoms with Gasteiger partial charge >= 0.3 is 6.18 Å². The Morgan fingerprint density at radius 3 is 2.18 bits per heavy atom. The number of aromatic nitrogens is 2. The highest BCUT2D eigenvalue weighted by atomic mass is 31.2. The van der Waals surface area contributed by atoms with Gasteiger partial charge in [0.1, 0.15) is 7.14 Å². The first-order chi connectivity index (χ1) is 10.1. The van der Waals surface area contributed by atoms with Gasteiger partial charge in [-0.25, -0.2) is 9.97 Å². The molecule has 0 saturated heterocycles. The molecule has 4 nitrogen and oxygen atoms in total. The standard InChI is InChI=1S/C14H15F3N3OP/c1-9-12(14(15,16)17)8-18-13(19-9)20-10-4-6-11(7-5-10)22(2,3)21/h4-8H,1-3H3,(H,18,19,20). The van der Waals surface area contributed by atoms with E-state index in [0.29, 0.717) is 5.69 Å². The van der Waals surface area contributed by atoms with Crippen molar-refractivity contribution in [3.05, 3.63) is 41.7 Å². The lowest BCUT2D eigenvalue weighted by Gasteiger charge is -2.12. The van der Waals surface area contributed by atoms with E-state index in [0.717, 1.165) is 11.5 Å². The van der Waals surface area contributed by atoms with Crippen LogP contribution in [0.25, 0.3) is 0 Å². The second-order valence-electron chi connectivity index (χ2n) is 5.21. The van der Waals surface area contributed by atoms with Crippen molar-refractivity contribution in [1.82, 2.24) is 9.97 Å². The zero-order valence-electron chi connectivity index (χ0n) is 12.3. The lowest BCUT2D eigenvalue weighted by molar-refractivity contribution is -0.138. The van der Waals surface area contributed by atoms with Crippen LogP contribution >= 0.6 is 7.14 Å². The lowest BCUT2D eigenvalue weighted by atomic mass is 10.2. The first-order valence-electron chi connectivity index (χ1n) is 6.41. The van der Waals surface area contributed by atoms with Crippen LogP contribution in [0, 0.1) is 6.92 Å². The van der Waals surface area contributed by atoms with E-state index in [2.05, 4.69) is 15.3 Å². The highest BCUT2D eigenvalue weighted by molar-refractivity contribution is 7.70. The summed E-state index contributed by atoms with van der Waals surface area (Å²) in [6, 6.07) is 6.79. The van der Waals surface area contributed by atoms with E-state index in [-0.39, 0.29) is 11.6 Å². The summed E-state index contributed by atoms with van der Waals surface area (Å²) in [6.45, 7) is 4.61. The monoisotopic (exact) mass is 329 g/mol. The molecule has 0 atom stereocenters. The molecule has 0 saturated carbocycles. The minimum Gasteiger partial charge on any atom is -0.324 e. The maximum Gasteiger partial charge on any atom is 0.419 e. The predicted octanol–water partition coefficient (Wildman–Crippen LogP) is 3.80. The second kappa shape index (κ2) is 5.72. The van der Waals surface area contributed by atoms with Crippen molar-refractivity contribution >= 4 is 24.1 Å². The number of anilines is 2.